The van der Waals surface area contributed by atoms with E-state index in [1.54, 1.807) is 41.5 Å². The molecule has 210 valence electrons. The van der Waals surface area contributed by atoms with Gasteiger partial charge in [0.2, 0.25) is 0 Å². The maximum absolute atomic E-state index is 15.5. The number of carbonyl (C=O) groups excluding carboxylic acids is 2. The number of ether oxygens (including phenoxy) is 1. The summed E-state index contributed by atoms with van der Waals surface area (Å²) >= 11 is 12.0. The van der Waals surface area contributed by atoms with Crippen LogP contribution >= 0.6 is 23.2 Å². The Labute approximate surface area is 237 Å². The Hall–Kier alpha value is -2.76. The third-order valence-electron chi connectivity index (χ3n) is 6.74. The highest BCUT2D eigenvalue weighted by atomic mass is 35.5. The molecule has 0 fully saturated rings. The zero-order valence-corrected chi connectivity index (χ0v) is 24.7. The van der Waals surface area contributed by atoms with Crippen molar-refractivity contribution in [2.45, 2.75) is 69.1 Å². The molecule has 1 aromatic carbocycles. The summed E-state index contributed by atoms with van der Waals surface area (Å²) in [5.74, 6) is -1.16. The number of rotatable bonds is 3. The van der Waals surface area contributed by atoms with Gasteiger partial charge in [-0.15, -0.1) is 0 Å². The maximum Gasteiger partial charge on any atom is 0.413 e. The normalized spacial score (nSPS) is 25.7. The Morgan fingerprint density at radius 1 is 1.15 bits per heavy atom. The number of nitrogens with one attached hydrogen (secondary N) is 2. The average molecular weight is 599 g/mol. The largest absolute Gasteiger partial charge is 0.444 e. The van der Waals surface area contributed by atoms with Gasteiger partial charge >= 0.3 is 6.09 Å². The van der Waals surface area contributed by atoms with Gasteiger partial charge in [0, 0.05) is 24.0 Å². The number of alkyl carbamates (subject to hydrolysis) is 1. The van der Waals surface area contributed by atoms with Gasteiger partial charge in [-0.1, -0.05) is 23.2 Å². The number of pyridine rings is 1. The smallest absolute Gasteiger partial charge is 0.413 e. The van der Waals surface area contributed by atoms with Crippen LogP contribution in [0.5, 0.6) is 0 Å². The number of fused-ring (bicyclic) bond motifs is 1. The Bertz CT molecular complexity index is 1510. The van der Waals surface area contributed by atoms with Crippen LogP contribution < -0.4 is 10.6 Å². The van der Waals surface area contributed by atoms with Crippen LogP contribution in [0.4, 0.5) is 14.9 Å². The molecule has 2 amide bonds. The lowest BCUT2D eigenvalue weighted by atomic mass is 9.85. The summed E-state index contributed by atoms with van der Waals surface area (Å²) in [5.41, 5.74) is -1.90. The van der Waals surface area contributed by atoms with E-state index < -0.39 is 48.7 Å². The van der Waals surface area contributed by atoms with E-state index >= 15 is 4.39 Å². The lowest BCUT2D eigenvalue weighted by Gasteiger charge is -2.45. The number of benzene rings is 1. The molecular weight excluding hydrogens is 568 g/mol. The molecule has 39 heavy (non-hydrogen) atoms. The minimum Gasteiger partial charge on any atom is -0.444 e. The van der Waals surface area contributed by atoms with E-state index in [9.17, 15) is 13.8 Å². The van der Waals surface area contributed by atoms with Crippen molar-refractivity contribution >= 4 is 56.5 Å². The number of nitrogens with zero attached hydrogens (tertiary/aromatic N) is 3. The Kier molecular flexibility index (Phi) is 7.50. The summed E-state index contributed by atoms with van der Waals surface area (Å²) in [7, 11) is -3.04. The third-order valence-corrected chi connectivity index (χ3v) is 10.9. The molecule has 2 aliphatic heterocycles. The fourth-order valence-electron chi connectivity index (χ4n) is 4.82. The number of carbonyl (C=O) groups is 2. The average Bonchev–Trinajstić information content (AvgIpc) is 3.22. The number of hydrogen-bond acceptors (Lipinski definition) is 7. The second kappa shape index (κ2) is 10.0. The van der Waals surface area contributed by atoms with Gasteiger partial charge in [0.05, 0.1) is 25.0 Å². The number of aromatic nitrogens is 1. The first-order valence-electron chi connectivity index (χ1n) is 12.2. The summed E-state index contributed by atoms with van der Waals surface area (Å²) < 4.78 is 38.7. The molecule has 0 bridgehead atoms. The van der Waals surface area contributed by atoms with Crippen molar-refractivity contribution in [3.8, 4) is 0 Å². The highest BCUT2D eigenvalue weighted by molar-refractivity contribution is 7.96. The molecule has 2 aliphatic rings. The maximum atomic E-state index is 15.5. The van der Waals surface area contributed by atoms with Crippen LogP contribution in [0.15, 0.2) is 39.8 Å². The van der Waals surface area contributed by atoms with Crippen molar-refractivity contribution in [2.24, 2.45) is 9.36 Å². The zero-order valence-electron chi connectivity index (χ0n) is 22.4. The zero-order chi connectivity index (χ0) is 29.0. The van der Waals surface area contributed by atoms with E-state index in [-0.39, 0.29) is 32.8 Å². The summed E-state index contributed by atoms with van der Waals surface area (Å²) in [6.45, 7) is 10.5. The van der Waals surface area contributed by atoms with Crippen LogP contribution in [0.25, 0.3) is 0 Å². The Morgan fingerprint density at radius 3 is 2.49 bits per heavy atom. The van der Waals surface area contributed by atoms with Crippen LogP contribution in [0.2, 0.25) is 10.0 Å². The minimum absolute atomic E-state index is 0.0542. The highest BCUT2D eigenvalue weighted by Crippen LogP contribution is 2.48. The number of hydrogen-bond donors (Lipinski definition) is 2. The fraction of sp³-hybridized carbons (Fsp3) is 0.462. The van der Waals surface area contributed by atoms with E-state index in [1.165, 1.54) is 30.5 Å². The predicted octanol–water partition coefficient (Wildman–Crippen LogP) is 5.95. The van der Waals surface area contributed by atoms with Crippen LogP contribution in [-0.2, 0) is 20.0 Å². The van der Waals surface area contributed by atoms with Gasteiger partial charge in [0.1, 0.15) is 33.2 Å². The van der Waals surface area contributed by atoms with E-state index in [0.29, 0.717) is 13.0 Å². The van der Waals surface area contributed by atoms with Crippen molar-refractivity contribution in [1.29, 1.82) is 0 Å². The first kappa shape index (κ1) is 29.2. The molecular formula is C26H30Cl2FN5O4S. The van der Waals surface area contributed by atoms with Crippen molar-refractivity contribution in [3.63, 3.8) is 0 Å². The SMILES string of the molecule is CC(C)(C)OC(=O)NC1=N[C@](C)(c2cc(NC(=O)c3ncc(Cl)cc3Cl)ccc2F)[C@@H]2CCN=[S@]2(=O)C1(C)C. The number of amides is 2. The van der Waals surface area contributed by atoms with Gasteiger partial charge in [-0.3, -0.25) is 15.1 Å². The first-order chi connectivity index (χ1) is 18.0. The second-order valence-electron chi connectivity index (χ2n) is 11.1. The molecule has 13 heteroatoms. The molecule has 0 saturated carbocycles. The molecule has 0 unspecified atom stereocenters. The van der Waals surface area contributed by atoms with Gasteiger partial charge in [0.25, 0.3) is 5.91 Å². The molecule has 1 aromatic heterocycles. The van der Waals surface area contributed by atoms with Crippen LogP contribution in [0, 0.1) is 5.82 Å². The van der Waals surface area contributed by atoms with Crippen molar-refractivity contribution in [3.05, 3.63) is 57.6 Å². The number of anilines is 1. The monoisotopic (exact) mass is 597 g/mol. The van der Waals surface area contributed by atoms with Gasteiger partial charge < -0.3 is 10.1 Å². The van der Waals surface area contributed by atoms with Crippen molar-refractivity contribution in [1.82, 2.24) is 10.3 Å². The molecule has 4 rings (SSSR count). The Balaban J connectivity index is 1.78. The van der Waals surface area contributed by atoms with Gasteiger partial charge in [-0.05, 0) is 72.2 Å². The lowest BCUT2D eigenvalue weighted by molar-refractivity contribution is 0.0560. The summed E-state index contributed by atoms with van der Waals surface area (Å²) in [6, 6.07) is 5.40. The Morgan fingerprint density at radius 2 is 1.85 bits per heavy atom. The molecule has 3 heterocycles. The van der Waals surface area contributed by atoms with Crippen LogP contribution in [0.3, 0.4) is 0 Å². The number of halogens is 3. The lowest BCUT2D eigenvalue weighted by Crippen LogP contribution is -2.60. The summed E-state index contributed by atoms with van der Waals surface area (Å²) in [6.07, 6.45) is 0.921. The molecule has 0 aliphatic carbocycles. The minimum atomic E-state index is -3.04. The third kappa shape index (κ3) is 5.36. The molecule has 9 nitrogen and oxygen atoms in total. The van der Waals surface area contributed by atoms with E-state index in [4.69, 9.17) is 32.9 Å². The molecule has 2 aromatic rings. The molecule has 3 atom stereocenters. The predicted molar refractivity (Wildman–Crippen MR) is 151 cm³/mol. The standard InChI is InChI=1S/C26H30Cl2FN5O4S/c1-24(2,3)38-23(36)33-22-25(4,5)39(37)19(9-10-31-39)26(6,34-22)16-12-15(7-8-18(16)29)32-21(35)20-17(28)11-14(27)13-30-20/h7-8,11-13,19H,9-10H2,1-6H3,(H,32,35)(H,33,34,36)/t19-,26+,39+/m0/s1. The van der Waals surface area contributed by atoms with E-state index in [1.807, 2.05) is 0 Å². The van der Waals surface area contributed by atoms with Gasteiger partial charge in [-0.2, -0.15) is 0 Å². The molecule has 0 spiro atoms. The summed E-state index contributed by atoms with van der Waals surface area (Å²) in [4.78, 5) is 34.4. The quantitative estimate of drug-likeness (QED) is 0.452. The topological polar surface area (TPSA) is 122 Å². The molecule has 0 saturated heterocycles. The van der Waals surface area contributed by atoms with Crippen LogP contribution in [-0.4, -0.2) is 49.2 Å². The number of aliphatic imine (C=N–C) groups is 1. The van der Waals surface area contributed by atoms with E-state index in [2.05, 4.69) is 20.0 Å². The second-order valence-corrected chi connectivity index (χ2v) is 14.9. The fourth-order valence-corrected chi connectivity index (χ4v) is 8.47. The van der Waals surface area contributed by atoms with Crippen molar-refractivity contribution < 1.29 is 22.9 Å². The van der Waals surface area contributed by atoms with Crippen molar-refractivity contribution in [2.75, 3.05) is 11.9 Å². The van der Waals surface area contributed by atoms with Crippen LogP contribution in [0.1, 0.15) is 64.0 Å². The van der Waals surface area contributed by atoms with E-state index in [0.717, 1.165) is 0 Å². The van der Waals surface area contributed by atoms with Gasteiger partial charge in [-0.25, -0.2) is 22.7 Å². The molecule has 0 radical (unpaired) electrons. The summed E-state index contributed by atoms with van der Waals surface area (Å²) in [5, 5.41) is 4.99. The number of amidine groups is 1. The molecule has 2 N–H and O–H groups in total. The van der Waals surface area contributed by atoms with Gasteiger partial charge in [0.15, 0.2) is 0 Å². The first-order valence-corrected chi connectivity index (χ1v) is 14.6. The highest BCUT2D eigenvalue weighted by Gasteiger charge is 2.57.